The number of hydrogen-bond donors (Lipinski definition) is 2. The Hall–Kier alpha value is -0.120. The summed E-state index contributed by atoms with van der Waals surface area (Å²) in [5, 5.41) is 0. The Morgan fingerprint density at radius 1 is 1.00 bits per heavy atom. The summed E-state index contributed by atoms with van der Waals surface area (Å²) in [5.74, 6) is 0. The van der Waals surface area contributed by atoms with E-state index in [0.29, 0.717) is 0 Å². The molecule has 0 fully saturated rings. The van der Waals surface area contributed by atoms with E-state index in [0.717, 1.165) is 19.5 Å². The van der Waals surface area contributed by atoms with E-state index in [1.807, 2.05) is 13.8 Å². The van der Waals surface area contributed by atoms with Crippen LogP contribution in [0.5, 0.6) is 0 Å². The summed E-state index contributed by atoms with van der Waals surface area (Å²) in [6.45, 7) is 5.44. The fraction of sp³-hybridized carbons (Fsp3) is 1.00. The van der Waals surface area contributed by atoms with Crippen molar-refractivity contribution in [2.24, 2.45) is 11.5 Å². The van der Waals surface area contributed by atoms with Gasteiger partial charge in [-0.15, -0.1) is 0 Å². The zero-order valence-corrected chi connectivity index (χ0v) is 5.78. The average Bonchev–Trinajstić information content (AvgIpc) is 1.75. The summed E-state index contributed by atoms with van der Waals surface area (Å²) in [5.41, 5.74) is 10.1. The number of hydrogen-bond acceptors (Lipinski definition) is 2. The van der Waals surface area contributed by atoms with Gasteiger partial charge in [0.05, 0.1) is 0 Å². The van der Waals surface area contributed by atoms with Gasteiger partial charge in [-0.05, 0) is 19.5 Å². The molecule has 0 spiro atoms. The average molecular weight is 122 g/mol. The smallest absolute Gasteiger partial charge is 0.00653 e. The van der Waals surface area contributed by atoms with Crippen LogP contribution < -0.4 is 11.5 Å². The maximum atomic E-state index is 5.06. The minimum Gasteiger partial charge on any atom is -0.412 e. The lowest BCUT2D eigenvalue weighted by atomic mass is 10.4. The van der Waals surface area contributed by atoms with E-state index in [4.69, 9.17) is 11.5 Å². The third-order valence-corrected chi connectivity index (χ3v) is 0.408. The molecule has 0 aliphatic carbocycles. The highest BCUT2D eigenvalue weighted by atomic mass is 16.0. The highest BCUT2D eigenvalue weighted by Crippen LogP contribution is 1.58. The van der Waals surface area contributed by atoms with Gasteiger partial charge in [0.2, 0.25) is 0 Å². The lowest BCUT2D eigenvalue weighted by Gasteiger charge is -1.81. The maximum Gasteiger partial charge on any atom is -0.00653 e. The molecule has 0 aromatic heterocycles. The largest absolute Gasteiger partial charge is 0.412 e. The molecular weight excluding hydrogens is 104 g/mol. The molecule has 0 saturated carbocycles. The molecule has 0 aromatic rings. The molecule has 0 radical (unpaired) electrons. The predicted molar refractivity (Wildman–Crippen MR) is 37.7 cm³/mol. The van der Waals surface area contributed by atoms with Crippen molar-refractivity contribution in [3.05, 3.63) is 0 Å². The van der Waals surface area contributed by atoms with Gasteiger partial charge in [0.1, 0.15) is 0 Å². The normalized spacial score (nSPS) is 6.00. The molecule has 0 aromatic carbocycles. The molecular formula is C5H18N2O. The third kappa shape index (κ3) is 39.6. The van der Waals surface area contributed by atoms with Crippen molar-refractivity contribution in [1.29, 1.82) is 0 Å². The van der Waals surface area contributed by atoms with Gasteiger partial charge >= 0.3 is 0 Å². The van der Waals surface area contributed by atoms with Gasteiger partial charge < -0.3 is 16.9 Å². The Balaban J connectivity index is -0.0000000750. The summed E-state index contributed by atoms with van der Waals surface area (Å²) in [6, 6.07) is 0. The second-order valence-electron chi connectivity index (χ2n) is 0.931. The van der Waals surface area contributed by atoms with Crippen LogP contribution in [0.15, 0.2) is 0 Å². The molecule has 0 unspecified atom stereocenters. The predicted octanol–water partition coefficient (Wildman–Crippen LogP) is -0.505. The molecule has 0 rings (SSSR count). The molecule has 0 amide bonds. The van der Waals surface area contributed by atoms with Crippen molar-refractivity contribution >= 4 is 0 Å². The van der Waals surface area contributed by atoms with Gasteiger partial charge in [-0.3, -0.25) is 0 Å². The van der Waals surface area contributed by atoms with Crippen LogP contribution in [0.2, 0.25) is 0 Å². The monoisotopic (exact) mass is 122 g/mol. The molecule has 0 aliphatic heterocycles. The first kappa shape index (κ1) is 15.7. The molecule has 0 atom stereocenters. The topological polar surface area (TPSA) is 83.5 Å². The molecule has 3 heteroatoms. The van der Waals surface area contributed by atoms with Crippen LogP contribution in [-0.4, -0.2) is 18.6 Å². The van der Waals surface area contributed by atoms with Gasteiger partial charge in [-0.2, -0.15) is 0 Å². The van der Waals surface area contributed by atoms with Crippen LogP contribution >= 0.6 is 0 Å². The van der Waals surface area contributed by atoms with E-state index >= 15 is 0 Å². The fourth-order valence-corrected chi connectivity index (χ4v) is 0.118. The molecule has 0 bridgehead atoms. The minimum atomic E-state index is 0. The van der Waals surface area contributed by atoms with Gasteiger partial charge in [-0.25, -0.2) is 0 Å². The molecule has 0 heterocycles. The standard InChI is InChI=1S/C3H10N2.C2H6.H2O/c4-2-1-3-5;1-2;/h1-5H2;1-2H3;1H2. The van der Waals surface area contributed by atoms with Crippen molar-refractivity contribution in [1.82, 2.24) is 0 Å². The van der Waals surface area contributed by atoms with E-state index in [9.17, 15) is 0 Å². The van der Waals surface area contributed by atoms with Crippen molar-refractivity contribution in [3.63, 3.8) is 0 Å². The van der Waals surface area contributed by atoms with Crippen LogP contribution in [0, 0.1) is 0 Å². The van der Waals surface area contributed by atoms with Gasteiger partial charge in [0, 0.05) is 0 Å². The van der Waals surface area contributed by atoms with E-state index in [1.54, 1.807) is 0 Å². The fourth-order valence-electron chi connectivity index (χ4n) is 0.118. The molecule has 8 heavy (non-hydrogen) atoms. The second kappa shape index (κ2) is 28.7. The second-order valence-corrected chi connectivity index (χ2v) is 0.931. The summed E-state index contributed by atoms with van der Waals surface area (Å²) >= 11 is 0. The summed E-state index contributed by atoms with van der Waals surface area (Å²) < 4.78 is 0. The number of rotatable bonds is 2. The third-order valence-electron chi connectivity index (χ3n) is 0.408. The van der Waals surface area contributed by atoms with Crippen molar-refractivity contribution in [2.75, 3.05) is 13.1 Å². The SMILES string of the molecule is CC.NCCCN.O. The Morgan fingerprint density at radius 2 is 1.25 bits per heavy atom. The first-order valence-electron chi connectivity index (χ1n) is 2.82. The van der Waals surface area contributed by atoms with Crippen LogP contribution in [0.4, 0.5) is 0 Å². The Morgan fingerprint density at radius 3 is 1.25 bits per heavy atom. The quantitative estimate of drug-likeness (QED) is 0.517. The van der Waals surface area contributed by atoms with Crippen LogP contribution in [-0.2, 0) is 0 Å². The Labute approximate surface area is 51.4 Å². The summed E-state index contributed by atoms with van der Waals surface area (Å²) in [4.78, 5) is 0. The summed E-state index contributed by atoms with van der Waals surface area (Å²) in [6.07, 6.45) is 0.944. The molecule has 54 valence electrons. The summed E-state index contributed by atoms with van der Waals surface area (Å²) in [7, 11) is 0. The lowest BCUT2D eigenvalue weighted by molar-refractivity contribution is 0.824. The van der Waals surface area contributed by atoms with Crippen LogP contribution in [0.25, 0.3) is 0 Å². The molecule has 0 saturated heterocycles. The molecule has 0 aliphatic rings. The number of nitrogens with two attached hydrogens (primary N) is 2. The Kier molecular flexibility index (Phi) is 56.1. The zero-order valence-electron chi connectivity index (χ0n) is 5.78. The zero-order chi connectivity index (χ0) is 6.12. The molecule has 3 nitrogen and oxygen atoms in total. The van der Waals surface area contributed by atoms with Gasteiger partial charge in [-0.1, -0.05) is 13.8 Å². The Bertz CT molecular complexity index is 17.9. The van der Waals surface area contributed by atoms with Crippen molar-refractivity contribution in [3.8, 4) is 0 Å². The van der Waals surface area contributed by atoms with Gasteiger partial charge in [0.25, 0.3) is 0 Å². The van der Waals surface area contributed by atoms with E-state index in [-0.39, 0.29) is 5.48 Å². The van der Waals surface area contributed by atoms with E-state index < -0.39 is 0 Å². The minimum absolute atomic E-state index is 0. The highest BCUT2D eigenvalue weighted by molar-refractivity contribution is 4.33. The van der Waals surface area contributed by atoms with Crippen molar-refractivity contribution in [2.45, 2.75) is 20.3 Å². The van der Waals surface area contributed by atoms with E-state index in [2.05, 4.69) is 0 Å². The molecule has 6 N–H and O–H groups in total. The van der Waals surface area contributed by atoms with Gasteiger partial charge in [0.15, 0.2) is 0 Å². The first-order chi connectivity index (χ1) is 3.41. The van der Waals surface area contributed by atoms with Crippen LogP contribution in [0.1, 0.15) is 20.3 Å². The maximum absolute atomic E-state index is 5.06. The first-order valence-corrected chi connectivity index (χ1v) is 2.82. The van der Waals surface area contributed by atoms with E-state index in [1.165, 1.54) is 0 Å². The lowest BCUT2D eigenvalue weighted by Crippen LogP contribution is -2.06. The highest BCUT2D eigenvalue weighted by Gasteiger charge is 1.67. The van der Waals surface area contributed by atoms with Crippen LogP contribution in [0.3, 0.4) is 0 Å². The van der Waals surface area contributed by atoms with Crippen molar-refractivity contribution < 1.29 is 5.48 Å².